The van der Waals surface area contributed by atoms with Gasteiger partial charge in [0.15, 0.2) is 12.4 Å². The first-order chi connectivity index (χ1) is 12.5. The predicted octanol–water partition coefficient (Wildman–Crippen LogP) is 3.01. The highest BCUT2D eigenvalue weighted by atomic mass is 19.4. The van der Waals surface area contributed by atoms with Crippen LogP contribution in [-0.2, 0) is 19.0 Å². The SMILES string of the molecule is COCOC(=O)COC(C)(C1CC2C3CC(C(C)C3C)C2C1O)C(F)(F)F. The van der Waals surface area contributed by atoms with E-state index >= 15 is 0 Å². The zero-order chi connectivity index (χ0) is 20.1. The van der Waals surface area contributed by atoms with Gasteiger partial charge in [0.2, 0.25) is 0 Å². The molecule has 3 rings (SSSR count). The largest absolute Gasteiger partial charge is 0.437 e. The summed E-state index contributed by atoms with van der Waals surface area (Å²) < 4.78 is 56.2. The molecule has 0 aliphatic heterocycles. The van der Waals surface area contributed by atoms with Gasteiger partial charge in [-0.25, -0.2) is 4.79 Å². The number of esters is 1. The molecular weight excluding hydrogens is 365 g/mol. The quantitative estimate of drug-likeness (QED) is 0.554. The van der Waals surface area contributed by atoms with Gasteiger partial charge in [-0.05, 0) is 55.3 Å². The minimum atomic E-state index is -4.71. The van der Waals surface area contributed by atoms with E-state index in [1.807, 2.05) is 0 Å². The smallest absolute Gasteiger partial charge is 0.417 e. The second kappa shape index (κ2) is 7.19. The van der Waals surface area contributed by atoms with E-state index in [2.05, 4.69) is 23.3 Å². The molecule has 0 spiro atoms. The summed E-state index contributed by atoms with van der Waals surface area (Å²) >= 11 is 0. The molecule has 1 N–H and O–H groups in total. The van der Waals surface area contributed by atoms with Crippen LogP contribution in [0.1, 0.15) is 33.6 Å². The molecule has 0 heterocycles. The first kappa shape index (κ1) is 20.9. The first-order valence-corrected chi connectivity index (χ1v) is 9.56. The Morgan fingerprint density at radius 1 is 1.11 bits per heavy atom. The molecule has 9 atom stereocenters. The van der Waals surface area contributed by atoms with E-state index < -0.39 is 36.4 Å². The van der Waals surface area contributed by atoms with Crippen molar-refractivity contribution in [2.45, 2.75) is 51.5 Å². The van der Waals surface area contributed by atoms with Crippen molar-refractivity contribution in [2.24, 2.45) is 41.4 Å². The van der Waals surface area contributed by atoms with Crippen molar-refractivity contribution in [3.05, 3.63) is 0 Å². The summed E-state index contributed by atoms with van der Waals surface area (Å²) in [4.78, 5) is 11.6. The molecule has 0 aromatic carbocycles. The molecule has 9 unspecified atom stereocenters. The average molecular weight is 394 g/mol. The van der Waals surface area contributed by atoms with Crippen molar-refractivity contribution in [3.63, 3.8) is 0 Å². The van der Waals surface area contributed by atoms with E-state index in [-0.39, 0.29) is 31.0 Å². The van der Waals surface area contributed by atoms with Crippen LogP contribution in [0, 0.1) is 41.4 Å². The minimum Gasteiger partial charge on any atom is -0.437 e. The lowest BCUT2D eigenvalue weighted by Crippen LogP contribution is -2.55. The molecule has 5 nitrogen and oxygen atoms in total. The van der Waals surface area contributed by atoms with Crippen molar-refractivity contribution in [2.75, 3.05) is 20.5 Å². The summed E-state index contributed by atoms with van der Waals surface area (Å²) in [6, 6.07) is 0. The molecule has 3 aliphatic carbocycles. The van der Waals surface area contributed by atoms with Gasteiger partial charge >= 0.3 is 12.1 Å². The highest BCUT2D eigenvalue weighted by molar-refractivity contribution is 5.70. The van der Waals surface area contributed by atoms with E-state index in [0.717, 1.165) is 13.3 Å². The Kier molecular flexibility index (Phi) is 5.56. The molecular formula is C19H29F3O5. The molecule has 156 valence electrons. The molecule has 0 aromatic heterocycles. The van der Waals surface area contributed by atoms with E-state index in [0.29, 0.717) is 17.8 Å². The van der Waals surface area contributed by atoms with E-state index in [9.17, 15) is 23.1 Å². The normalized spacial score (nSPS) is 42.8. The first-order valence-electron chi connectivity index (χ1n) is 9.56. The summed E-state index contributed by atoms with van der Waals surface area (Å²) in [5, 5.41) is 10.9. The number of methoxy groups -OCH3 is 1. The average Bonchev–Trinajstić information content (AvgIpc) is 3.22. The maximum atomic E-state index is 14.0. The number of carbonyl (C=O) groups excluding carboxylic acids is 1. The number of rotatable bonds is 6. The highest BCUT2D eigenvalue weighted by Gasteiger charge is 2.68. The van der Waals surface area contributed by atoms with Crippen LogP contribution in [0.3, 0.4) is 0 Å². The second-order valence-electron chi connectivity index (χ2n) is 8.67. The molecule has 0 radical (unpaired) electrons. The van der Waals surface area contributed by atoms with Crippen LogP contribution in [0.4, 0.5) is 13.2 Å². The fourth-order valence-electron chi connectivity index (χ4n) is 6.06. The Morgan fingerprint density at radius 2 is 1.74 bits per heavy atom. The topological polar surface area (TPSA) is 65.0 Å². The lowest BCUT2D eigenvalue weighted by molar-refractivity contribution is -0.297. The van der Waals surface area contributed by atoms with Crippen molar-refractivity contribution in [1.82, 2.24) is 0 Å². The van der Waals surface area contributed by atoms with Crippen LogP contribution in [0.2, 0.25) is 0 Å². The Bertz CT molecular complexity index is 568. The van der Waals surface area contributed by atoms with Gasteiger partial charge in [0, 0.05) is 13.0 Å². The number of halogens is 3. The van der Waals surface area contributed by atoms with Crippen LogP contribution >= 0.6 is 0 Å². The second-order valence-corrected chi connectivity index (χ2v) is 8.67. The number of aliphatic hydroxyl groups is 1. The van der Waals surface area contributed by atoms with Crippen molar-refractivity contribution < 1.29 is 37.3 Å². The standard InChI is InChI=1S/C19H29F3O5/c1-9-10(2)12-5-11(9)13-6-14(17(24)16(12)13)18(3,19(20,21)22)27-7-15(23)26-8-25-4/h9-14,16-17,24H,5-8H2,1-4H3. The zero-order valence-electron chi connectivity index (χ0n) is 16.2. The summed E-state index contributed by atoms with van der Waals surface area (Å²) in [6.45, 7) is 4.06. The van der Waals surface area contributed by atoms with E-state index in [1.165, 1.54) is 7.11 Å². The van der Waals surface area contributed by atoms with Gasteiger partial charge in [0.05, 0.1) is 6.10 Å². The Balaban J connectivity index is 1.77. The third-order valence-corrected chi connectivity index (χ3v) is 7.69. The number of fused-ring (bicyclic) bond motifs is 5. The molecule has 3 fully saturated rings. The Morgan fingerprint density at radius 3 is 2.33 bits per heavy atom. The molecule has 0 saturated heterocycles. The molecule has 2 bridgehead atoms. The third-order valence-electron chi connectivity index (χ3n) is 7.69. The van der Waals surface area contributed by atoms with Gasteiger partial charge in [0.25, 0.3) is 0 Å². The molecule has 0 aromatic rings. The van der Waals surface area contributed by atoms with Gasteiger partial charge < -0.3 is 19.3 Å². The number of alkyl halides is 3. The summed E-state index contributed by atoms with van der Waals surface area (Å²) in [5.41, 5.74) is -2.60. The number of ether oxygens (including phenoxy) is 3. The van der Waals surface area contributed by atoms with Crippen LogP contribution in [0.5, 0.6) is 0 Å². The fourth-order valence-corrected chi connectivity index (χ4v) is 6.06. The number of hydrogen-bond donors (Lipinski definition) is 1. The van der Waals surface area contributed by atoms with Crippen LogP contribution in [0.15, 0.2) is 0 Å². The molecule has 0 amide bonds. The monoisotopic (exact) mass is 394 g/mol. The van der Waals surface area contributed by atoms with Gasteiger partial charge in [0.1, 0.15) is 6.61 Å². The molecule has 3 aliphatic rings. The fraction of sp³-hybridized carbons (Fsp3) is 0.947. The zero-order valence-corrected chi connectivity index (χ0v) is 16.2. The molecule has 27 heavy (non-hydrogen) atoms. The highest BCUT2D eigenvalue weighted by Crippen LogP contribution is 2.66. The minimum absolute atomic E-state index is 0.0897. The lowest BCUT2D eigenvalue weighted by Gasteiger charge is -2.39. The van der Waals surface area contributed by atoms with Crippen LogP contribution in [0.25, 0.3) is 0 Å². The van der Waals surface area contributed by atoms with Gasteiger partial charge in [-0.3, -0.25) is 0 Å². The summed E-state index contributed by atoms with van der Waals surface area (Å²) in [5.74, 6) is -0.550. The van der Waals surface area contributed by atoms with Crippen molar-refractivity contribution in [3.8, 4) is 0 Å². The van der Waals surface area contributed by atoms with E-state index in [4.69, 9.17) is 4.74 Å². The summed E-state index contributed by atoms with van der Waals surface area (Å²) in [7, 11) is 1.30. The van der Waals surface area contributed by atoms with Gasteiger partial charge in [-0.15, -0.1) is 0 Å². The molecule has 3 saturated carbocycles. The van der Waals surface area contributed by atoms with Crippen LogP contribution < -0.4 is 0 Å². The summed E-state index contributed by atoms with van der Waals surface area (Å²) in [6.07, 6.45) is -4.53. The number of aliphatic hydroxyl groups excluding tert-OH is 1. The molecule has 8 heteroatoms. The van der Waals surface area contributed by atoms with Crippen molar-refractivity contribution in [1.29, 1.82) is 0 Å². The van der Waals surface area contributed by atoms with Crippen molar-refractivity contribution >= 4 is 5.97 Å². The van der Waals surface area contributed by atoms with E-state index in [1.54, 1.807) is 0 Å². The lowest BCUT2D eigenvalue weighted by atomic mass is 9.70. The Labute approximate surface area is 157 Å². The van der Waals surface area contributed by atoms with Crippen LogP contribution in [-0.4, -0.2) is 49.5 Å². The maximum absolute atomic E-state index is 14.0. The van der Waals surface area contributed by atoms with Gasteiger partial charge in [-0.2, -0.15) is 13.2 Å². The Hall–Kier alpha value is -0.860. The maximum Gasteiger partial charge on any atom is 0.417 e. The number of carbonyl (C=O) groups is 1. The van der Waals surface area contributed by atoms with Gasteiger partial charge in [-0.1, -0.05) is 13.8 Å². The third kappa shape index (κ3) is 3.27. The number of hydrogen-bond acceptors (Lipinski definition) is 5. The predicted molar refractivity (Wildman–Crippen MR) is 89.4 cm³/mol.